The van der Waals surface area contributed by atoms with Crippen molar-refractivity contribution in [1.29, 1.82) is 0 Å². The van der Waals surface area contributed by atoms with E-state index in [0.717, 1.165) is 86.7 Å². The van der Waals surface area contributed by atoms with Gasteiger partial charge in [0.05, 0.1) is 6.61 Å². The van der Waals surface area contributed by atoms with Gasteiger partial charge in [0.2, 0.25) is 11.8 Å². The van der Waals surface area contributed by atoms with E-state index < -0.39 is 23.6 Å². The van der Waals surface area contributed by atoms with E-state index >= 15 is 8.78 Å². The first-order valence-corrected chi connectivity index (χ1v) is 21.1. The van der Waals surface area contributed by atoms with Crippen LogP contribution in [-0.2, 0) is 16.1 Å². The van der Waals surface area contributed by atoms with Gasteiger partial charge in [-0.15, -0.1) is 0 Å². The first kappa shape index (κ1) is 37.8. The molecule has 0 bridgehead atoms. The van der Waals surface area contributed by atoms with E-state index in [0.29, 0.717) is 35.6 Å². The predicted molar refractivity (Wildman–Crippen MR) is 219 cm³/mol. The molecule has 1 unspecified atom stereocenters. The number of piperidine rings is 3. The first-order chi connectivity index (χ1) is 28.6. The maximum absolute atomic E-state index is 15.1. The average molecular weight is 802 g/mol. The number of rotatable bonds is 7. The van der Waals surface area contributed by atoms with Gasteiger partial charge in [-0.2, -0.15) is 0 Å². The standard InChI is InChI=1S/C47H49F2N5O5/c48-38-2-1-3-39(49)44(38)37-26-59-41-23-34(55)9-11-36(41)43(37)30-4-6-32(7-5-30)52-18-14-29(15-19-52)24-51-20-16-47(17-21-51)27-53(28-47)33-8-10-35-31(22-33)25-54(46(35)58)40-12-13-42(56)50-45(40)57/h1-11,22-23,29,37,40,43,55H,12-21,24-28H2,(H,50,56,57)/t37-,40?,43+/m0/s1. The Balaban J connectivity index is 0.716. The normalized spacial score (nSPS) is 24.4. The Hall–Kier alpha value is -5.49. The number of carbonyl (C=O) groups is 3. The Morgan fingerprint density at radius 2 is 1.54 bits per heavy atom. The zero-order chi connectivity index (χ0) is 40.4. The number of fused-ring (bicyclic) bond motifs is 2. The van der Waals surface area contributed by atoms with Crippen LogP contribution in [0.3, 0.4) is 0 Å². The molecule has 12 heteroatoms. The summed E-state index contributed by atoms with van der Waals surface area (Å²) in [5, 5.41) is 12.5. The van der Waals surface area contributed by atoms with E-state index in [4.69, 9.17) is 4.74 Å². The number of anilines is 2. The number of amides is 3. The molecule has 59 heavy (non-hydrogen) atoms. The van der Waals surface area contributed by atoms with E-state index in [1.54, 1.807) is 23.1 Å². The molecule has 6 heterocycles. The molecule has 6 aliphatic heterocycles. The van der Waals surface area contributed by atoms with Gasteiger partial charge in [0.25, 0.3) is 5.91 Å². The molecule has 0 radical (unpaired) electrons. The summed E-state index contributed by atoms with van der Waals surface area (Å²) in [7, 11) is 0. The largest absolute Gasteiger partial charge is 0.508 e. The maximum atomic E-state index is 15.1. The van der Waals surface area contributed by atoms with Crippen molar-refractivity contribution >= 4 is 29.1 Å². The molecule has 1 spiro atoms. The molecule has 0 aliphatic carbocycles. The lowest BCUT2D eigenvalue weighted by atomic mass is 9.71. The van der Waals surface area contributed by atoms with Crippen LogP contribution in [0.5, 0.6) is 11.5 Å². The second-order valence-electron chi connectivity index (χ2n) is 17.7. The molecule has 2 N–H and O–H groups in total. The fourth-order valence-electron chi connectivity index (χ4n) is 10.8. The molecule has 306 valence electrons. The first-order valence-electron chi connectivity index (χ1n) is 21.1. The zero-order valence-electron chi connectivity index (χ0n) is 33.0. The Labute approximate surface area is 342 Å². The molecule has 6 aliphatic rings. The highest BCUT2D eigenvalue weighted by Gasteiger charge is 2.46. The molecule has 10 nitrogen and oxygen atoms in total. The van der Waals surface area contributed by atoms with Crippen LogP contribution in [0.15, 0.2) is 78.9 Å². The van der Waals surface area contributed by atoms with Gasteiger partial charge < -0.3 is 29.4 Å². The molecule has 3 atom stereocenters. The molecule has 4 fully saturated rings. The van der Waals surface area contributed by atoms with Gasteiger partial charge in [0.15, 0.2) is 0 Å². The fraction of sp³-hybridized carbons (Fsp3) is 0.426. The van der Waals surface area contributed by atoms with E-state index in [1.165, 1.54) is 31.0 Å². The lowest BCUT2D eigenvalue weighted by molar-refractivity contribution is -0.136. The van der Waals surface area contributed by atoms with Crippen molar-refractivity contribution in [2.24, 2.45) is 11.3 Å². The third-order valence-electron chi connectivity index (χ3n) is 14.1. The van der Waals surface area contributed by atoms with E-state index in [2.05, 4.69) is 50.3 Å². The third-order valence-corrected chi connectivity index (χ3v) is 14.1. The van der Waals surface area contributed by atoms with Crippen molar-refractivity contribution in [1.82, 2.24) is 15.1 Å². The minimum atomic E-state index is -0.599. The molecule has 4 saturated heterocycles. The van der Waals surface area contributed by atoms with Crippen LogP contribution in [0.2, 0.25) is 0 Å². The third kappa shape index (κ3) is 6.98. The summed E-state index contributed by atoms with van der Waals surface area (Å²) in [6, 6.07) is 22.8. The molecule has 4 aromatic carbocycles. The predicted octanol–water partition coefficient (Wildman–Crippen LogP) is 6.56. The van der Waals surface area contributed by atoms with Crippen LogP contribution in [0.1, 0.15) is 83.0 Å². The smallest absolute Gasteiger partial charge is 0.255 e. The van der Waals surface area contributed by atoms with Crippen molar-refractivity contribution < 1.29 is 33.0 Å². The number of ether oxygens (including phenoxy) is 1. The van der Waals surface area contributed by atoms with Crippen LogP contribution in [0, 0.1) is 23.0 Å². The van der Waals surface area contributed by atoms with Gasteiger partial charge in [-0.25, -0.2) is 8.78 Å². The topological polar surface area (TPSA) is 106 Å². The number of likely N-dealkylation sites (tertiary alicyclic amines) is 1. The number of nitrogens with one attached hydrogen (secondary N) is 1. The summed E-state index contributed by atoms with van der Waals surface area (Å²) in [6.07, 6.45) is 5.25. The highest BCUT2D eigenvalue weighted by atomic mass is 19.1. The molecule has 0 aromatic heterocycles. The summed E-state index contributed by atoms with van der Waals surface area (Å²) in [5.74, 6) is -1.60. The number of phenolic OH excluding ortho intramolecular Hbond substituents is 1. The number of hydrogen-bond donors (Lipinski definition) is 2. The van der Waals surface area contributed by atoms with E-state index in [9.17, 15) is 19.5 Å². The number of nitrogens with zero attached hydrogens (tertiary/aromatic N) is 4. The Morgan fingerprint density at radius 1 is 0.814 bits per heavy atom. The van der Waals surface area contributed by atoms with Crippen LogP contribution in [0.25, 0.3) is 0 Å². The minimum Gasteiger partial charge on any atom is -0.508 e. The molecular formula is C47H49F2N5O5. The van der Waals surface area contributed by atoms with Crippen LogP contribution in [0.4, 0.5) is 20.2 Å². The van der Waals surface area contributed by atoms with Gasteiger partial charge >= 0.3 is 0 Å². The van der Waals surface area contributed by atoms with Crippen molar-refractivity contribution in [3.8, 4) is 11.5 Å². The Kier molecular flexibility index (Phi) is 9.57. The minimum absolute atomic E-state index is 0.0262. The Bertz CT molecular complexity index is 2280. The van der Waals surface area contributed by atoms with Gasteiger partial charge in [0, 0.05) is 97.1 Å². The number of halogens is 2. The molecular weight excluding hydrogens is 753 g/mol. The van der Waals surface area contributed by atoms with Crippen LogP contribution in [-0.4, -0.2) is 91.1 Å². The number of imide groups is 1. The summed E-state index contributed by atoms with van der Waals surface area (Å²) >= 11 is 0. The summed E-state index contributed by atoms with van der Waals surface area (Å²) < 4.78 is 36.2. The quantitative estimate of drug-likeness (QED) is 0.203. The van der Waals surface area contributed by atoms with Gasteiger partial charge in [0.1, 0.15) is 29.2 Å². The summed E-state index contributed by atoms with van der Waals surface area (Å²) in [4.78, 5) is 46.4. The van der Waals surface area contributed by atoms with Crippen molar-refractivity contribution in [3.63, 3.8) is 0 Å². The lowest BCUT2D eigenvalue weighted by Gasteiger charge is -2.55. The van der Waals surface area contributed by atoms with Crippen molar-refractivity contribution in [2.75, 3.05) is 62.2 Å². The molecule has 4 aromatic rings. The summed E-state index contributed by atoms with van der Waals surface area (Å²) in [6.45, 7) is 7.86. The molecule has 3 amide bonds. The van der Waals surface area contributed by atoms with Crippen LogP contribution < -0.4 is 19.9 Å². The van der Waals surface area contributed by atoms with Crippen molar-refractivity contribution in [2.45, 2.75) is 62.9 Å². The number of hydrogen-bond acceptors (Lipinski definition) is 8. The molecule has 10 rings (SSSR count). The SMILES string of the molecule is O=C1CCC(N2Cc3cc(N4CC5(CCN(CC6CCN(c7ccc([C@@H]8c9ccc(O)cc9OC[C@@H]8c8c(F)cccc8F)cc7)CC6)CC5)C4)ccc3C2=O)C(=O)N1. The fourth-order valence-corrected chi connectivity index (χ4v) is 10.8. The Morgan fingerprint density at radius 3 is 2.27 bits per heavy atom. The lowest BCUT2D eigenvalue weighted by Crippen LogP contribution is -2.60. The highest BCUT2D eigenvalue weighted by Crippen LogP contribution is 2.49. The molecule has 0 saturated carbocycles. The zero-order valence-corrected chi connectivity index (χ0v) is 33.0. The van der Waals surface area contributed by atoms with Gasteiger partial charge in [-0.1, -0.05) is 24.3 Å². The van der Waals surface area contributed by atoms with Crippen LogP contribution >= 0.6 is 0 Å². The second kappa shape index (κ2) is 15.0. The van der Waals surface area contributed by atoms with Crippen molar-refractivity contribution in [3.05, 3.63) is 118 Å². The number of benzene rings is 4. The number of aromatic hydroxyl groups is 1. The van der Waals surface area contributed by atoms with E-state index in [1.807, 2.05) is 12.1 Å². The van der Waals surface area contributed by atoms with Gasteiger partial charge in [-0.05, 0) is 111 Å². The average Bonchev–Trinajstić information content (AvgIpc) is 3.55. The monoisotopic (exact) mass is 801 g/mol. The highest BCUT2D eigenvalue weighted by molar-refractivity contribution is 6.05. The number of phenols is 1. The van der Waals surface area contributed by atoms with E-state index in [-0.39, 0.29) is 48.0 Å². The summed E-state index contributed by atoms with van der Waals surface area (Å²) in [5.41, 5.74) is 5.99. The second-order valence-corrected chi connectivity index (χ2v) is 17.7. The number of carbonyl (C=O) groups excluding carboxylic acids is 3. The van der Waals surface area contributed by atoms with Gasteiger partial charge in [-0.3, -0.25) is 19.7 Å². The maximum Gasteiger partial charge on any atom is 0.255 e.